The molecule has 5 heteroatoms. The first-order valence-electron chi connectivity index (χ1n) is 9.72. The van der Waals surface area contributed by atoms with Gasteiger partial charge in [0.25, 0.3) is 0 Å². The van der Waals surface area contributed by atoms with Crippen LogP contribution in [0.4, 0.5) is 5.69 Å². The van der Waals surface area contributed by atoms with Crippen LogP contribution in [-0.4, -0.2) is 22.6 Å². The zero-order valence-electron chi connectivity index (χ0n) is 15.9. The summed E-state index contributed by atoms with van der Waals surface area (Å²) >= 11 is 0. The summed E-state index contributed by atoms with van der Waals surface area (Å²) in [6.07, 6.45) is 6.52. The molecule has 1 aliphatic heterocycles. The Hall–Kier alpha value is -2.17. The quantitative estimate of drug-likeness (QED) is 0.824. The lowest BCUT2D eigenvalue weighted by molar-refractivity contribution is -0.117. The minimum atomic E-state index is -0.00701. The van der Waals surface area contributed by atoms with Crippen LogP contribution >= 0.6 is 0 Å². The lowest BCUT2D eigenvalue weighted by atomic mass is 10.0. The summed E-state index contributed by atoms with van der Waals surface area (Å²) in [7, 11) is 0. The Morgan fingerprint density at radius 2 is 1.85 bits per heavy atom. The molecular formula is C21H27N3O2. The smallest absolute Gasteiger partial charge is 0.232 e. The van der Waals surface area contributed by atoms with Crippen molar-refractivity contribution in [2.45, 2.75) is 65.2 Å². The van der Waals surface area contributed by atoms with Gasteiger partial charge in [-0.3, -0.25) is 4.79 Å². The number of hydrogen-bond acceptors (Lipinski definition) is 4. The van der Waals surface area contributed by atoms with Gasteiger partial charge >= 0.3 is 0 Å². The number of anilines is 1. The molecule has 2 heterocycles. The summed E-state index contributed by atoms with van der Waals surface area (Å²) < 4.78 is 5.53. The Morgan fingerprint density at radius 3 is 2.54 bits per heavy atom. The van der Waals surface area contributed by atoms with Crippen molar-refractivity contribution in [1.29, 1.82) is 0 Å². The van der Waals surface area contributed by atoms with E-state index < -0.39 is 0 Å². The van der Waals surface area contributed by atoms with Crippen molar-refractivity contribution >= 4 is 11.6 Å². The summed E-state index contributed by atoms with van der Waals surface area (Å²) in [5.41, 5.74) is 4.54. The maximum Gasteiger partial charge on any atom is 0.232 e. The van der Waals surface area contributed by atoms with Crippen molar-refractivity contribution in [3.05, 3.63) is 40.5 Å². The van der Waals surface area contributed by atoms with Crippen LogP contribution in [0.15, 0.2) is 16.7 Å². The largest absolute Gasteiger partial charge is 0.339 e. The first-order chi connectivity index (χ1) is 12.5. The van der Waals surface area contributed by atoms with Gasteiger partial charge in [0.1, 0.15) is 0 Å². The number of hydrogen-bond donors (Lipinski definition) is 0. The van der Waals surface area contributed by atoms with Gasteiger partial charge in [0.15, 0.2) is 5.82 Å². The van der Waals surface area contributed by atoms with E-state index in [0.29, 0.717) is 24.8 Å². The van der Waals surface area contributed by atoms with E-state index in [9.17, 15) is 4.79 Å². The lowest BCUT2D eigenvalue weighted by Gasteiger charge is -2.21. The third kappa shape index (κ3) is 3.27. The minimum absolute atomic E-state index is 0.00701. The Morgan fingerprint density at radius 1 is 1.15 bits per heavy atom. The molecule has 2 fully saturated rings. The van der Waals surface area contributed by atoms with E-state index in [1.165, 1.54) is 31.2 Å². The van der Waals surface area contributed by atoms with E-state index in [-0.39, 0.29) is 11.8 Å². The zero-order chi connectivity index (χ0) is 18.3. The Balaban J connectivity index is 1.50. The molecule has 2 aromatic rings. The first-order valence-corrected chi connectivity index (χ1v) is 9.72. The highest BCUT2D eigenvalue weighted by Gasteiger charge is 2.36. The highest BCUT2D eigenvalue weighted by molar-refractivity contribution is 5.97. The van der Waals surface area contributed by atoms with Gasteiger partial charge in [-0.15, -0.1) is 0 Å². The van der Waals surface area contributed by atoms with Gasteiger partial charge in [0.05, 0.1) is 5.92 Å². The molecule has 1 aliphatic carbocycles. The number of benzene rings is 1. The molecule has 0 N–H and O–H groups in total. The van der Waals surface area contributed by atoms with Crippen LogP contribution in [0.5, 0.6) is 0 Å². The van der Waals surface area contributed by atoms with E-state index >= 15 is 0 Å². The molecule has 5 nitrogen and oxygen atoms in total. The zero-order valence-corrected chi connectivity index (χ0v) is 15.9. The first kappa shape index (κ1) is 17.3. The number of carbonyl (C=O) groups excluding carboxylic acids is 1. The fraction of sp³-hybridized carbons (Fsp3) is 0.571. The molecule has 1 amide bonds. The second-order valence-electron chi connectivity index (χ2n) is 8.06. The van der Waals surface area contributed by atoms with Gasteiger partial charge in [-0.1, -0.05) is 48.5 Å². The summed E-state index contributed by atoms with van der Waals surface area (Å²) in [5, 5.41) is 4.18. The molecule has 0 bridgehead atoms. The molecule has 0 spiro atoms. The Labute approximate surface area is 154 Å². The van der Waals surface area contributed by atoms with E-state index in [1.54, 1.807) is 0 Å². The monoisotopic (exact) mass is 353 g/mol. The van der Waals surface area contributed by atoms with Crippen molar-refractivity contribution in [3.63, 3.8) is 0 Å². The van der Waals surface area contributed by atoms with E-state index in [4.69, 9.17) is 4.52 Å². The van der Waals surface area contributed by atoms with Gasteiger partial charge in [0.2, 0.25) is 11.8 Å². The second-order valence-corrected chi connectivity index (χ2v) is 8.06. The van der Waals surface area contributed by atoms with E-state index in [1.807, 2.05) is 4.90 Å². The molecule has 1 aromatic carbocycles. The van der Waals surface area contributed by atoms with Crippen molar-refractivity contribution in [3.8, 4) is 0 Å². The number of nitrogens with zero attached hydrogens (tertiary/aromatic N) is 3. The van der Waals surface area contributed by atoms with Gasteiger partial charge in [0, 0.05) is 25.1 Å². The summed E-state index contributed by atoms with van der Waals surface area (Å²) in [6.45, 7) is 6.85. The number of amides is 1. The van der Waals surface area contributed by atoms with Gasteiger partial charge < -0.3 is 9.42 Å². The lowest BCUT2D eigenvalue weighted by Crippen LogP contribution is -2.26. The third-order valence-corrected chi connectivity index (χ3v) is 5.81. The topological polar surface area (TPSA) is 59.2 Å². The average molecular weight is 353 g/mol. The van der Waals surface area contributed by atoms with Crippen molar-refractivity contribution in [2.24, 2.45) is 5.92 Å². The summed E-state index contributed by atoms with van der Waals surface area (Å²) in [6, 6.07) is 4.27. The van der Waals surface area contributed by atoms with Crippen molar-refractivity contribution in [2.75, 3.05) is 11.4 Å². The summed E-state index contributed by atoms with van der Waals surface area (Å²) in [4.78, 5) is 19.2. The average Bonchev–Trinajstić information content (AvgIpc) is 3.29. The molecular weight excluding hydrogens is 326 g/mol. The third-order valence-electron chi connectivity index (χ3n) is 5.81. The normalized spacial score (nSPS) is 21.1. The molecule has 26 heavy (non-hydrogen) atoms. The molecule has 1 aromatic heterocycles. The predicted molar refractivity (Wildman–Crippen MR) is 100 cm³/mol. The molecule has 138 valence electrons. The molecule has 1 saturated carbocycles. The van der Waals surface area contributed by atoms with Crippen LogP contribution in [0, 0.1) is 26.7 Å². The van der Waals surface area contributed by atoms with Crippen LogP contribution in [0.1, 0.15) is 66.4 Å². The molecule has 2 aliphatic rings. The van der Waals surface area contributed by atoms with Crippen LogP contribution in [0.2, 0.25) is 0 Å². The summed E-state index contributed by atoms with van der Waals surface area (Å²) in [5.74, 6) is 2.25. The maximum atomic E-state index is 12.7. The van der Waals surface area contributed by atoms with Crippen molar-refractivity contribution in [1.82, 2.24) is 10.1 Å². The van der Waals surface area contributed by atoms with Gasteiger partial charge in [-0.25, -0.2) is 0 Å². The molecule has 0 radical (unpaired) electrons. The van der Waals surface area contributed by atoms with Gasteiger partial charge in [-0.05, 0) is 37.8 Å². The van der Waals surface area contributed by atoms with Crippen molar-refractivity contribution < 1.29 is 9.32 Å². The van der Waals surface area contributed by atoms with E-state index in [0.717, 1.165) is 29.1 Å². The fourth-order valence-corrected chi connectivity index (χ4v) is 4.68. The molecule has 4 rings (SSSR count). The predicted octanol–water partition coefficient (Wildman–Crippen LogP) is 4.25. The standard InChI is InChI=1S/C21H27N3O2/c1-13-8-14(2)20(15(3)9-13)24-12-17(11-19(24)25)21-22-18(23-26-21)10-16-6-4-5-7-16/h8-9,16-17H,4-7,10-12H2,1-3H3. The molecule has 1 atom stereocenters. The fourth-order valence-electron chi connectivity index (χ4n) is 4.68. The van der Waals surface area contributed by atoms with Crippen LogP contribution < -0.4 is 4.90 Å². The number of carbonyl (C=O) groups is 1. The van der Waals surface area contributed by atoms with Gasteiger partial charge in [-0.2, -0.15) is 4.98 Å². The highest BCUT2D eigenvalue weighted by Crippen LogP contribution is 2.35. The van der Waals surface area contributed by atoms with Crippen LogP contribution in [0.25, 0.3) is 0 Å². The number of aromatic nitrogens is 2. The van der Waals surface area contributed by atoms with E-state index in [2.05, 4.69) is 43.0 Å². The highest BCUT2D eigenvalue weighted by atomic mass is 16.5. The number of rotatable bonds is 4. The SMILES string of the molecule is Cc1cc(C)c(N2CC(c3nc(CC4CCCC4)no3)CC2=O)c(C)c1. The maximum absolute atomic E-state index is 12.7. The molecule has 1 saturated heterocycles. The Kier molecular flexibility index (Phi) is 4.55. The van der Waals surface area contributed by atoms with Crippen LogP contribution in [-0.2, 0) is 11.2 Å². The Bertz CT molecular complexity index is 797. The molecule has 1 unspecified atom stereocenters. The number of aryl methyl sites for hydroxylation is 3. The van der Waals surface area contributed by atoms with Crippen LogP contribution in [0.3, 0.4) is 0 Å². The second kappa shape index (κ2) is 6.86. The minimum Gasteiger partial charge on any atom is -0.339 e.